The van der Waals surface area contributed by atoms with Crippen LogP contribution < -0.4 is 0 Å². The van der Waals surface area contributed by atoms with Gasteiger partial charge in [0.05, 0.1) is 0 Å². The fourth-order valence-electron chi connectivity index (χ4n) is 2.99. The van der Waals surface area contributed by atoms with Gasteiger partial charge in [0.2, 0.25) is 0 Å². The highest BCUT2D eigenvalue weighted by atomic mass is 16.5. The molecule has 0 N–H and O–H groups in total. The number of allylic oxidation sites excluding steroid dienone is 2. The average molecular weight is 204 g/mol. The second-order valence-electron chi connectivity index (χ2n) is 5.63. The standard InChI is InChI=1S/C13H16O2/c1-13(2)6-9(14)12-8-4-3-5-10(8)15-11(12)7-13/h3,5,8,10H,4,6-7H2,1-2H3/t8-,10+/m1/s1. The van der Waals surface area contributed by atoms with Crippen LogP contribution in [-0.2, 0) is 9.53 Å². The van der Waals surface area contributed by atoms with Gasteiger partial charge in [-0.2, -0.15) is 0 Å². The van der Waals surface area contributed by atoms with E-state index in [1.807, 2.05) is 0 Å². The van der Waals surface area contributed by atoms with E-state index < -0.39 is 0 Å². The van der Waals surface area contributed by atoms with Crippen LogP contribution in [0.25, 0.3) is 0 Å². The summed E-state index contributed by atoms with van der Waals surface area (Å²) < 4.78 is 5.87. The number of carbonyl (C=O) groups is 1. The molecule has 0 spiro atoms. The minimum Gasteiger partial charge on any atom is -0.490 e. The zero-order chi connectivity index (χ0) is 10.6. The largest absolute Gasteiger partial charge is 0.490 e. The van der Waals surface area contributed by atoms with Crippen LogP contribution in [0.3, 0.4) is 0 Å². The van der Waals surface area contributed by atoms with Gasteiger partial charge in [-0.3, -0.25) is 4.79 Å². The zero-order valence-electron chi connectivity index (χ0n) is 9.25. The number of ether oxygens (including phenoxy) is 1. The van der Waals surface area contributed by atoms with Gasteiger partial charge in [-0.05, 0) is 17.9 Å². The van der Waals surface area contributed by atoms with Crippen molar-refractivity contribution >= 4 is 5.78 Å². The summed E-state index contributed by atoms with van der Waals surface area (Å²) in [6.07, 6.45) is 6.98. The van der Waals surface area contributed by atoms with Crippen molar-refractivity contribution in [3.05, 3.63) is 23.5 Å². The molecule has 2 heteroatoms. The summed E-state index contributed by atoms with van der Waals surface area (Å²) in [7, 11) is 0. The van der Waals surface area contributed by atoms with Crippen LogP contribution in [0.5, 0.6) is 0 Å². The second-order valence-corrected chi connectivity index (χ2v) is 5.63. The first kappa shape index (κ1) is 9.20. The van der Waals surface area contributed by atoms with Crippen LogP contribution in [0.2, 0.25) is 0 Å². The lowest BCUT2D eigenvalue weighted by Gasteiger charge is -2.29. The van der Waals surface area contributed by atoms with E-state index >= 15 is 0 Å². The second kappa shape index (κ2) is 2.75. The van der Waals surface area contributed by atoms with E-state index in [-0.39, 0.29) is 11.5 Å². The van der Waals surface area contributed by atoms with Crippen molar-refractivity contribution in [3.63, 3.8) is 0 Å². The Bertz CT molecular complexity index is 387. The molecule has 0 aromatic carbocycles. The highest BCUT2D eigenvalue weighted by Crippen LogP contribution is 2.48. The monoisotopic (exact) mass is 204 g/mol. The minimum absolute atomic E-state index is 0.0816. The van der Waals surface area contributed by atoms with Gasteiger partial charge in [-0.1, -0.05) is 19.9 Å². The molecule has 15 heavy (non-hydrogen) atoms. The van der Waals surface area contributed by atoms with Crippen LogP contribution in [-0.4, -0.2) is 11.9 Å². The molecule has 0 bridgehead atoms. The van der Waals surface area contributed by atoms with Crippen molar-refractivity contribution in [2.75, 3.05) is 0 Å². The number of hydrogen-bond donors (Lipinski definition) is 0. The molecule has 2 aliphatic carbocycles. The summed E-state index contributed by atoms with van der Waals surface area (Å²) in [6.45, 7) is 4.28. The van der Waals surface area contributed by atoms with Crippen LogP contribution >= 0.6 is 0 Å². The topological polar surface area (TPSA) is 26.3 Å². The molecule has 0 fully saturated rings. The van der Waals surface area contributed by atoms with Gasteiger partial charge < -0.3 is 4.74 Å². The average Bonchev–Trinajstić information content (AvgIpc) is 2.58. The maximum Gasteiger partial charge on any atom is 0.163 e. The molecule has 0 saturated carbocycles. The third-order valence-corrected chi connectivity index (χ3v) is 3.64. The first-order chi connectivity index (χ1) is 7.07. The third kappa shape index (κ3) is 1.27. The first-order valence-corrected chi connectivity index (χ1v) is 5.66. The van der Waals surface area contributed by atoms with Gasteiger partial charge in [-0.25, -0.2) is 0 Å². The van der Waals surface area contributed by atoms with Crippen molar-refractivity contribution < 1.29 is 9.53 Å². The Balaban J connectivity index is 1.98. The molecule has 1 aliphatic heterocycles. The Morgan fingerprint density at radius 1 is 1.40 bits per heavy atom. The molecular weight excluding hydrogens is 188 g/mol. The quantitative estimate of drug-likeness (QED) is 0.567. The molecule has 0 aromatic rings. The summed E-state index contributed by atoms with van der Waals surface area (Å²) in [4.78, 5) is 12.1. The molecule has 0 radical (unpaired) electrons. The minimum atomic E-state index is 0.0816. The van der Waals surface area contributed by atoms with E-state index in [2.05, 4.69) is 26.0 Å². The summed E-state index contributed by atoms with van der Waals surface area (Å²) in [5, 5.41) is 0. The normalized spacial score (nSPS) is 36.5. The van der Waals surface area contributed by atoms with E-state index in [0.717, 1.165) is 24.2 Å². The van der Waals surface area contributed by atoms with Crippen molar-refractivity contribution in [1.82, 2.24) is 0 Å². The highest BCUT2D eigenvalue weighted by molar-refractivity contribution is 5.98. The van der Waals surface area contributed by atoms with E-state index in [1.54, 1.807) is 0 Å². The van der Waals surface area contributed by atoms with Gasteiger partial charge in [0.15, 0.2) is 5.78 Å². The maximum atomic E-state index is 12.1. The number of rotatable bonds is 0. The van der Waals surface area contributed by atoms with Crippen LogP contribution in [0, 0.1) is 11.3 Å². The van der Waals surface area contributed by atoms with E-state index in [1.165, 1.54) is 0 Å². The zero-order valence-corrected chi connectivity index (χ0v) is 9.25. The van der Waals surface area contributed by atoms with Crippen molar-refractivity contribution in [2.24, 2.45) is 11.3 Å². The Labute approximate surface area is 90.0 Å². The molecule has 3 rings (SSSR count). The number of hydrogen-bond acceptors (Lipinski definition) is 2. The lowest BCUT2D eigenvalue weighted by atomic mass is 9.74. The molecule has 0 saturated heterocycles. The smallest absolute Gasteiger partial charge is 0.163 e. The number of ketones is 1. The van der Waals surface area contributed by atoms with Crippen LogP contribution in [0.15, 0.2) is 23.5 Å². The number of Topliss-reactive ketones (excluding diaryl/α,β-unsaturated/α-hetero) is 1. The summed E-state index contributed by atoms with van der Waals surface area (Å²) >= 11 is 0. The summed E-state index contributed by atoms with van der Waals surface area (Å²) in [5.41, 5.74) is 1.09. The van der Waals surface area contributed by atoms with Gasteiger partial charge >= 0.3 is 0 Å². The molecule has 0 amide bonds. The molecular formula is C13H16O2. The predicted octanol–water partition coefficient (Wildman–Crippen LogP) is 2.60. The van der Waals surface area contributed by atoms with Crippen LogP contribution in [0.1, 0.15) is 33.1 Å². The summed E-state index contributed by atoms with van der Waals surface area (Å²) in [5.74, 6) is 1.64. The van der Waals surface area contributed by atoms with Crippen molar-refractivity contribution in [1.29, 1.82) is 0 Å². The molecule has 0 aromatic heterocycles. The maximum absolute atomic E-state index is 12.1. The Morgan fingerprint density at radius 3 is 3.00 bits per heavy atom. The Hall–Kier alpha value is -1.05. The number of carbonyl (C=O) groups excluding carboxylic acids is 1. The van der Waals surface area contributed by atoms with Gasteiger partial charge in [-0.15, -0.1) is 0 Å². The van der Waals surface area contributed by atoms with E-state index in [0.29, 0.717) is 18.1 Å². The molecule has 1 heterocycles. The van der Waals surface area contributed by atoms with Crippen molar-refractivity contribution in [3.8, 4) is 0 Å². The van der Waals surface area contributed by atoms with Gasteiger partial charge in [0.1, 0.15) is 11.9 Å². The van der Waals surface area contributed by atoms with Gasteiger partial charge in [0.25, 0.3) is 0 Å². The molecule has 0 unspecified atom stereocenters. The fourth-order valence-corrected chi connectivity index (χ4v) is 2.99. The summed E-state index contributed by atoms with van der Waals surface area (Å²) in [6, 6.07) is 0. The molecule has 3 aliphatic rings. The van der Waals surface area contributed by atoms with Crippen LogP contribution in [0.4, 0.5) is 0 Å². The number of fused-ring (bicyclic) bond motifs is 2. The van der Waals surface area contributed by atoms with Gasteiger partial charge in [0, 0.05) is 24.3 Å². The molecule has 2 atom stereocenters. The molecule has 2 nitrogen and oxygen atoms in total. The third-order valence-electron chi connectivity index (χ3n) is 3.64. The van der Waals surface area contributed by atoms with E-state index in [4.69, 9.17) is 4.74 Å². The van der Waals surface area contributed by atoms with Crippen molar-refractivity contribution in [2.45, 2.75) is 39.2 Å². The predicted molar refractivity (Wildman–Crippen MR) is 57.2 cm³/mol. The first-order valence-electron chi connectivity index (χ1n) is 5.66. The SMILES string of the molecule is CC1(C)CC(=O)C2=C(C1)O[C@H]1C=CC[C@@H]21. The Kier molecular flexibility index (Phi) is 1.68. The molecule has 80 valence electrons. The lowest BCUT2D eigenvalue weighted by Crippen LogP contribution is -2.26. The Morgan fingerprint density at radius 2 is 2.20 bits per heavy atom. The van der Waals surface area contributed by atoms with E-state index in [9.17, 15) is 4.79 Å². The fraction of sp³-hybridized carbons (Fsp3) is 0.615. The lowest BCUT2D eigenvalue weighted by molar-refractivity contribution is -0.118. The highest BCUT2D eigenvalue weighted by Gasteiger charge is 2.45.